The highest BCUT2D eigenvalue weighted by atomic mass is 32.2. The summed E-state index contributed by atoms with van der Waals surface area (Å²) in [6, 6.07) is 7.59. The number of morpholine rings is 1. The summed E-state index contributed by atoms with van der Waals surface area (Å²) in [6.07, 6.45) is 0.989. The van der Waals surface area contributed by atoms with E-state index in [2.05, 4.69) is 28.8 Å². The Morgan fingerprint density at radius 1 is 1.06 bits per heavy atom. The predicted octanol–water partition coefficient (Wildman–Crippen LogP) is 2.87. The zero-order valence-corrected chi connectivity index (χ0v) is 20.0. The summed E-state index contributed by atoms with van der Waals surface area (Å²) in [4.78, 5) is 16.8. The molecule has 174 valence electrons. The number of carbonyl (C=O) groups is 1. The fourth-order valence-corrected chi connectivity index (χ4v) is 5.24. The number of hydrogen-bond donors (Lipinski definition) is 2. The SMILES string of the molecule is CC1CN(C(=O)Nc2ccc(N3C[C@@H](C)O[C@@H](C)C3)cc2)CCC1NS(=O)(=O)C(C)C. The van der Waals surface area contributed by atoms with E-state index in [9.17, 15) is 13.2 Å². The zero-order valence-electron chi connectivity index (χ0n) is 19.2. The smallest absolute Gasteiger partial charge is 0.321 e. The quantitative estimate of drug-likeness (QED) is 0.717. The molecule has 9 heteroatoms. The van der Waals surface area contributed by atoms with Crippen molar-refractivity contribution in [1.82, 2.24) is 9.62 Å². The fourth-order valence-electron chi connectivity index (χ4n) is 4.20. The Balaban J connectivity index is 1.54. The normalized spacial score (nSPS) is 27.4. The number of nitrogens with one attached hydrogen (secondary N) is 2. The molecule has 0 aromatic heterocycles. The van der Waals surface area contributed by atoms with Crippen LogP contribution in [0.2, 0.25) is 0 Å². The molecule has 2 heterocycles. The maximum absolute atomic E-state index is 12.7. The van der Waals surface area contributed by atoms with Crippen LogP contribution < -0.4 is 14.9 Å². The number of ether oxygens (including phenoxy) is 1. The molecule has 2 aliphatic heterocycles. The molecule has 0 saturated carbocycles. The van der Waals surface area contributed by atoms with Gasteiger partial charge in [0.1, 0.15) is 0 Å². The molecule has 4 atom stereocenters. The molecule has 0 spiro atoms. The van der Waals surface area contributed by atoms with Crippen molar-refractivity contribution in [3.8, 4) is 0 Å². The number of sulfonamides is 1. The summed E-state index contributed by atoms with van der Waals surface area (Å²) < 4.78 is 32.9. The topological polar surface area (TPSA) is 91.0 Å². The van der Waals surface area contributed by atoms with E-state index in [-0.39, 0.29) is 30.2 Å². The maximum atomic E-state index is 12.7. The van der Waals surface area contributed by atoms with Crippen molar-refractivity contribution in [3.63, 3.8) is 0 Å². The van der Waals surface area contributed by atoms with Gasteiger partial charge in [-0.15, -0.1) is 0 Å². The molecule has 1 aromatic carbocycles. The Hall–Kier alpha value is -1.84. The molecule has 0 bridgehead atoms. The average Bonchev–Trinajstić information content (AvgIpc) is 2.69. The summed E-state index contributed by atoms with van der Waals surface area (Å²) in [5.74, 6) is 0.0423. The average molecular weight is 453 g/mol. The molecule has 2 amide bonds. The second-order valence-corrected chi connectivity index (χ2v) is 11.4. The lowest BCUT2D eigenvalue weighted by Gasteiger charge is -2.37. The van der Waals surface area contributed by atoms with Crippen LogP contribution >= 0.6 is 0 Å². The van der Waals surface area contributed by atoms with Crippen LogP contribution in [0.5, 0.6) is 0 Å². The first-order valence-electron chi connectivity index (χ1n) is 11.1. The third kappa shape index (κ3) is 6.11. The number of piperidine rings is 1. The lowest BCUT2D eigenvalue weighted by molar-refractivity contribution is -0.00521. The molecular formula is C22H36N4O4S. The lowest BCUT2D eigenvalue weighted by atomic mass is 9.95. The molecule has 2 unspecified atom stereocenters. The first-order valence-corrected chi connectivity index (χ1v) is 12.7. The molecule has 2 saturated heterocycles. The second-order valence-electron chi connectivity index (χ2n) is 9.17. The van der Waals surface area contributed by atoms with Gasteiger partial charge in [0.2, 0.25) is 10.0 Å². The van der Waals surface area contributed by atoms with Crippen molar-refractivity contribution in [1.29, 1.82) is 0 Å². The number of nitrogens with zero attached hydrogens (tertiary/aromatic N) is 2. The molecule has 31 heavy (non-hydrogen) atoms. The van der Waals surface area contributed by atoms with Crippen LogP contribution in [0.1, 0.15) is 41.0 Å². The van der Waals surface area contributed by atoms with Gasteiger partial charge in [0.15, 0.2) is 0 Å². The van der Waals surface area contributed by atoms with E-state index in [1.165, 1.54) is 0 Å². The fraction of sp³-hybridized carbons (Fsp3) is 0.682. The zero-order chi connectivity index (χ0) is 22.8. The van der Waals surface area contributed by atoms with Gasteiger partial charge >= 0.3 is 6.03 Å². The molecule has 2 N–H and O–H groups in total. The summed E-state index contributed by atoms with van der Waals surface area (Å²) in [5.41, 5.74) is 1.87. The van der Waals surface area contributed by atoms with Gasteiger partial charge in [-0.1, -0.05) is 6.92 Å². The summed E-state index contributed by atoms with van der Waals surface area (Å²) in [7, 11) is -3.32. The molecular weight excluding hydrogens is 416 g/mol. The van der Waals surface area contributed by atoms with E-state index in [1.54, 1.807) is 18.7 Å². The Bertz CT molecular complexity index is 849. The van der Waals surface area contributed by atoms with Crippen LogP contribution in [-0.2, 0) is 14.8 Å². The number of likely N-dealkylation sites (tertiary alicyclic amines) is 1. The minimum Gasteiger partial charge on any atom is -0.372 e. The Morgan fingerprint density at radius 2 is 1.68 bits per heavy atom. The molecule has 1 aromatic rings. The standard InChI is InChI=1S/C22H36N4O4S/c1-15(2)31(28,29)24-21-10-11-25(12-16(21)3)22(27)23-19-6-8-20(9-7-19)26-13-17(4)30-18(5)14-26/h6-9,15-18,21,24H,10-14H2,1-5H3,(H,23,27)/t16?,17-,18+,21?. The van der Waals surface area contributed by atoms with E-state index in [4.69, 9.17) is 4.74 Å². The predicted molar refractivity (Wildman–Crippen MR) is 124 cm³/mol. The van der Waals surface area contributed by atoms with Crippen molar-refractivity contribution in [3.05, 3.63) is 24.3 Å². The third-order valence-electron chi connectivity index (χ3n) is 6.03. The van der Waals surface area contributed by atoms with Gasteiger partial charge in [0, 0.05) is 43.6 Å². The number of benzene rings is 1. The molecule has 0 aliphatic carbocycles. The van der Waals surface area contributed by atoms with Crippen molar-refractivity contribution < 1.29 is 17.9 Å². The first-order chi connectivity index (χ1) is 14.5. The van der Waals surface area contributed by atoms with Gasteiger partial charge in [0.25, 0.3) is 0 Å². The van der Waals surface area contributed by atoms with Gasteiger partial charge in [-0.3, -0.25) is 0 Å². The van der Waals surface area contributed by atoms with Gasteiger partial charge in [0.05, 0.1) is 17.5 Å². The number of urea groups is 1. The highest BCUT2D eigenvalue weighted by Crippen LogP contribution is 2.23. The van der Waals surface area contributed by atoms with E-state index < -0.39 is 15.3 Å². The second kappa shape index (κ2) is 9.75. The van der Waals surface area contributed by atoms with Gasteiger partial charge in [-0.05, 0) is 64.3 Å². The Morgan fingerprint density at radius 3 is 2.23 bits per heavy atom. The van der Waals surface area contributed by atoms with Crippen LogP contribution in [0.25, 0.3) is 0 Å². The van der Waals surface area contributed by atoms with Crippen LogP contribution in [0.3, 0.4) is 0 Å². The van der Waals surface area contributed by atoms with Crippen LogP contribution in [0.15, 0.2) is 24.3 Å². The lowest BCUT2D eigenvalue weighted by Crippen LogP contribution is -2.53. The van der Waals surface area contributed by atoms with Crippen LogP contribution in [0, 0.1) is 5.92 Å². The summed E-state index contributed by atoms with van der Waals surface area (Å²) >= 11 is 0. The highest BCUT2D eigenvalue weighted by molar-refractivity contribution is 7.90. The Kier molecular flexibility index (Phi) is 7.49. The van der Waals surface area contributed by atoms with Gasteiger partial charge in [-0.2, -0.15) is 0 Å². The van der Waals surface area contributed by atoms with Crippen molar-refractivity contribution in [2.45, 2.75) is 64.5 Å². The monoisotopic (exact) mass is 452 g/mol. The van der Waals surface area contributed by atoms with Gasteiger partial charge in [-0.25, -0.2) is 17.9 Å². The summed E-state index contributed by atoms with van der Waals surface area (Å²) in [6.45, 7) is 12.2. The number of anilines is 2. The van der Waals surface area contributed by atoms with E-state index in [0.717, 1.165) is 24.5 Å². The molecule has 0 radical (unpaired) electrons. The van der Waals surface area contributed by atoms with Gasteiger partial charge < -0.3 is 19.9 Å². The minimum absolute atomic E-state index is 0.0423. The van der Waals surface area contributed by atoms with Crippen LogP contribution in [-0.4, -0.2) is 69.0 Å². The van der Waals surface area contributed by atoms with E-state index in [0.29, 0.717) is 19.5 Å². The molecule has 8 nitrogen and oxygen atoms in total. The van der Waals surface area contributed by atoms with Crippen molar-refractivity contribution in [2.24, 2.45) is 5.92 Å². The minimum atomic E-state index is -3.32. The summed E-state index contributed by atoms with van der Waals surface area (Å²) in [5, 5.41) is 2.50. The maximum Gasteiger partial charge on any atom is 0.321 e. The number of rotatable bonds is 5. The third-order valence-corrected chi connectivity index (χ3v) is 7.90. The largest absolute Gasteiger partial charge is 0.372 e. The molecule has 3 rings (SSSR count). The molecule has 2 aliphatic rings. The highest BCUT2D eigenvalue weighted by Gasteiger charge is 2.32. The number of hydrogen-bond acceptors (Lipinski definition) is 5. The van der Waals surface area contributed by atoms with Crippen molar-refractivity contribution in [2.75, 3.05) is 36.4 Å². The van der Waals surface area contributed by atoms with Crippen LogP contribution in [0.4, 0.5) is 16.2 Å². The number of carbonyl (C=O) groups excluding carboxylic acids is 1. The Labute approximate surface area is 186 Å². The van der Waals surface area contributed by atoms with E-state index in [1.807, 2.05) is 31.2 Å². The first kappa shape index (κ1) is 23.8. The molecule has 2 fully saturated rings. The van der Waals surface area contributed by atoms with E-state index >= 15 is 0 Å². The number of amides is 2. The van der Waals surface area contributed by atoms with Crippen molar-refractivity contribution >= 4 is 27.4 Å².